The second-order valence-electron chi connectivity index (χ2n) is 5.27. The highest BCUT2D eigenvalue weighted by atomic mass is 16.2. The van der Waals surface area contributed by atoms with E-state index in [0.29, 0.717) is 17.6 Å². The molecule has 1 aliphatic rings. The molecular formula is C14H23N5O. The molecule has 6 heteroatoms. The van der Waals surface area contributed by atoms with Gasteiger partial charge in [-0.1, -0.05) is 0 Å². The van der Waals surface area contributed by atoms with Gasteiger partial charge in [0.25, 0.3) is 5.91 Å². The van der Waals surface area contributed by atoms with Crippen LogP contribution in [-0.2, 0) is 0 Å². The number of carbonyl (C=O) groups excluding carboxylic acids is 1. The Bertz CT molecular complexity index is 457. The van der Waals surface area contributed by atoms with E-state index < -0.39 is 0 Å². The summed E-state index contributed by atoms with van der Waals surface area (Å²) < 4.78 is 0. The lowest BCUT2D eigenvalue weighted by Crippen LogP contribution is -2.44. The molecule has 1 N–H and O–H groups in total. The first-order chi connectivity index (χ1) is 9.61. The molecule has 6 nitrogen and oxygen atoms in total. The Morgan fingerprint density at radius 2 is 2.15 bits per heavy atom. The molecule has 0 bridgehead atoms. The second-order valence-corrected chi connectivity index (χ2v) is 5.27. The van der Waals surface area contributed by atoms with Crippen molar-refractivity contribution in [3.05, 3.63) is 18.1 Å². The monoisotopic (exact) mass is 277 g/mol. The van der Waals surface area contributed by atoms with Crippen molar-refractivity contribution in [2.75, 3.05) is 39.0 Å². The van der Waals surface area contributed by atoms with E-state index in [1.54, 1.807) is 6.20 Å². The number of hydrogen-bond acceptors (Lipinski definition) is 5. The van der Waals surface area contributed by atoms with Crippen molar-refractivity contribution >= 4 is 11.7 Å². The topological polar surface area (TPSA) is 61.4 Å². The SMILES string of the molecule is CCNc1cncc(C(=O)N(C)C2CCN(C)CC2)n1. The molecule has 110 valence electrons. The summed E-state index contributed by atoms with van der Waals surface area (Å²) in [4.78, 5) is 25.0. The van der Waals surface area contributed by atoms with E-state index >= 15 is 0 Å². The smallest absolute Gasteiger partial charge is 0.274 e. The molecule has 1 amide bonds. The van der Waals surface area contributed by atoms with Gasteiger partial charge in [-0.15, -0.1) is 0 Å². The van der Waals surface area contributed by atoms with E-state index in [-0.39, 0.29) is 5.91 Å². The summed E-state index contributed by atoms with van der Waals surface area (Å²) in [5.41, 5.74) is 0.407. The van der Waals surface area contributed by atoms with Crippen LogP contribution < -0.4 is 5.32 Å². The molecule has 2 heterocycles. The average molecular weight is 277 g/mol. The number of carbonyl (C=O) groups is 1. The van der Waals surface area contributed by atoms with Crippen LogP contribution in [-0.4, -0.2) is 65.4 Å². The van der Waals surface area contributed by atoms with Crippen molar-refractivity contribution in [3.8, 4) is 0 Å². The van der Waals surface area contributed by atoms with Gasteiger partial charge >= 0.3 is 0 Å². The summed E-state index contributed by atoms with van der Waals surface area (Å²) >= 11 is 0. The maximum absolute atomic E-state index is 12.5. The van der Waals surface area contributed by atoms with E-state index in [2.05, 4.69) is 27.2 Å². The van der Waals surface area contributed by atoms with E-state index in [9.17, 15) is 4.79 Å². The number of piperidine rings is 1. The molecule has 0 aromatic carbocycles. The summed E-state index contributed by atoms with van der Waals surface area (Å²) in [5.74, 6) is 0.599. The van der Waals surface area contributed by atoms with Crippen molar-refractivity contribution in [2.24, 2.45) is 0 Å². The van der Waals surface area contributed by atoms with Crippen LogP contribution in [0.3, 0.4) is 0 Å². The van der Waals surface area contributed by atoms with E-state index in [1.165, 1.54) is 6.20 Å². The van der Waals surface area contributed by atoms with Gasteiger partial charge in [0.2, 0.25) is 0 Å². The van der Waals surface area contributed by atoms with Crippen molar-refractivity contribution in [1.29, 1.82) is 0 Å². The molecule has 0 unspecified atom stereocenters. The van der Waals surface area contributed by atoms with E-state index in [1.807, 2.05) is 18.9 Å². The zero-order valence-electron chi connectivity index (χ0n) is 12.5. The number of amides is 1. The van der Waals surface area contributed by atoms with Gasteiger partial charge in [0.05, 0.1) is 12.4 Å². The van der Waals surface area contributed by atoms with Crippen LogP contribution in [0.15, 0.2) is 12.4 Å². The number of nitrogens with one attached hydrogen (secondary N) is 1. The first-order valence-corrected chi connectivity index (χ1v) is 7.13. The van der Waals surface area contributed by atoms with Gasteiger partial charge in [-0.05, 0) is 39.9 Å². The molecule has 1 saturated heterocycles. The molecule has 0 saturated carbocycles. The summed E-state index contributed by atoms with van der Waals surface area (Å²) in [7, 11) is 3.98. The highest BCUT2D eigenvalue weighted by molar-refractivity contribution is 5.92. The fourth-order valence-corrected chi connectivity index (χ4v) is 2.46. The summed E-state index contributed by atoms with van der Waals surface area (Å²) in [6.45, 7) is 4.81. The number of likely N-dealkylation sites (tertiary alicyclic amines) is 1. The van der Waals surface area contributed by atoms with Gasteiger partial charge in [-0.25, -0.2) is 4.98 Å². The minimum atomic E-state index is -0.0493. The molecule has 1 aliphatic heterocycles. The second kappa shape index (κ2) is 6.65. The standard InChI is InChI=1S/C14H23N5O/c1-4-16-13-10-15-9-12(17-13)14(20)19(3)11-5-7-18(2)8-6-11/h9-11H,4-8H2,1-3H3,(H,16,17). The van der Waals surface area contributed by atoms with Gasteiger partial charge in [-0.3, -0.25) is 9.78 Å². The third kappa shape index (κ3) is 3.45. The zero-order chi connectivity index (χ0) is 14.5. The minimum Gasteiger partial charge on any atom is -0.369 e. The lowest BCUT2D eigenvalue weighted by Gasteiger charge is -2.34. The van der Waals surface area contributed by atoms with Crippen LogP contribution in [0.2, 0.25) is 0 Å². The highest BCUT2D eigenvalue weighted by Gasteiger charge is 2.25. The third-order valence-electron chi connectivity index (χ3n) is 3.77. The van der Waals surface area contributed by atoms with Gasteiger partial charge in [0, 0.05) is 19.6 Å². The summed E-state index contributed by atoms with van der Waals surface area (Å²) in [6.07, 6.45) is 5.20. The Labute approximate surface area is 120 Å². The van der Waals surface area contributed by atoms with Crippen LogP contribution in [0.4, 0.5) is 5.82 Å². The summed E-state index contributed by atoms with van der Waals surface area (Å²) in [5, 5.41) is 3.08. The molecule has 0 radical (unpaired) electrons. The predicted molar refractivity (Wildman–Crippen MR) is 78.8 cm³/mol. The molecule has 0 spiro atoms. The molecule has 0 aliphatic carbocycles. The maximum Gasteiger partial charge on any atom is 0.274 e. The molecular weight excluding hydrogens is 254 g/mol. The van der Waals surface area contributed by atoms with Gasteiger partial charge in [0.15, 0.2) is 0 Å². The normalized spacial score (nSPS) is 16.9. The van der Waals surface area contributed by atoms with Crippen LogP contribution in [0.5, 0.6) is 0 Å². The molecule has 0 atom stereocenters. The van der Waals surface area contributed by atoms with Gasteiger partial charge < -0.3 is 15.1 Å². The predicted octanol–water partition coefficient (Wildman–Crippen LogP) is 1.07. The largest absolute Gasteiger partial charge is 0.369 e. The molecule has 1 fully saturated rings. The number of nitrogens with zero attached hydrogens (tertiary/aromatic N) is 4. The minimum absolute atomic E-state index is 0.0493. The number of anilines is 1. The van der Waals surface area contributed by atoms with E-state index in [4.69, 9.17) is 0 Å². The number of aromatic nitrogens is 2. The fourth-order valence-electron chi connectivity index (χ4n) is 2.46. The Kier molecular flexibility index (Phi) is 4.89. The Hall–Kier alpha value is -1.69. The quantitative estimate of drug-likeness (QED) is 0.892. The van der Waals surface area contributed by atoms with Crippen molar-refractivity contribution in [2.45, 2.75) is 25.8 Å². The fraction of sp³-hybridized carbons (Fsp3) is 0.643. The molecule has 2 rings (SSSR count). The first-order valence-electron chi connectivity index (χ1n) is 7.13. The summed E-state index contributed by atoms with van der Waals surface area (Å²) in [6, 6.07) is 0.295. The lowest BCUT2D eigenvalue weighted by molar-refractivity contribution is 0.0653. The van der Waals surface area contributed by atoms with Crippen LogP contribution >= 0.6 is 0 Å². The molecule has 1 aromatic rings. The molecule has 20 heavy (non-hydrogen) atoms. The maximum atomic E-state index is 12.5. The Morgan fingerprint density at radius 3 is 2.80 bits per heavy atom. The number of hydrogen-bond donors (Lipinski definition) is 1. The van der Waals surface area contributed by atoms with Crippen LogP contribution in [0.1, 0.15) is 30.3 Å². The van der Waals surface area contributed by atoms with Crippen LogP contribution in [0, 0.1) is 0 Å². The first kappa shape index (κ1) is 14.7. The lowest BCUT2D eigenvalue weighted by atomic mass is 10.0. The van der Waals surface area contributed by atoms with Gasteiger partial charge in [0.1, 0.15) is 11.5 Å². The van der Waals surface area contributed by atoms with Crippen LogP contribution in [0.25, 0.3) is 0 Å². The number of rotatable bonds is 4. The third-order valence-corrected chi connectivity index (χ3v) is 3.77. The molecule has 1 aromatic heterocycles. The Balaban J connectivity index is 2.04. The Morgan fingerprint density at radius 1 is 1.45 bits per heavy atom. The average Bonchev–Trinajstić information content (AvgIpc) is 2.47. The van der Waals surface area contributed by atoms with Crippen molar-refractivity contribution in [1.82, 2.24) is 19.8 Å². The van der Waals surface area contributed by atoms with E-state index in [0.717, 1.165) is 32.5 Å². The highest BCUT2D eigenvalue weighted by Crippen LogP contribution is 2.16. The van der Waals surface area contributed by atoms with Crippen molar-refractivity contribution < 1.29 is 4.79 Å². The van der Waals surface area contributed by atoms with Crippen molar-refractivity contribution in [3.63, 3.8) is 0 Å². The zero-order valence-corrected chi connectivity index (χ0v) is 12.5. The van der Waals surface area contributed by atoms with Gasteiger partial charge in [-0.2, -0.15) is 0 Å².